The van der Waals surface area contributed by atoms with E-state index in [4.69, 9.17) is 0 Å². The summed E-state index contributed by atoms with van der Waals surface area (Å²) < 4.78 is 0. The van der Waals surface area contributed by atoms with Crippen LogP contribution in [0.3, 0.4) is 0 Å². The minimum absolute atomic E-state index is 0.444. The lowest BCUT2D eigenvalue weighted by molar-refractivity contribution is 0.199. The number of nitrogens with zero attached hydrogens (tertiary/aromatic N) is 2. The number of pyridine rings is 1. The van der Waals surface area contributed by atoms with Gasteiger partial charge in [0, 0.05) is 18.8 Å². The summed E-state index contributed by atoms with van der Waals surface area (Å²) in [5, 5.41) is 9.37. The fraction of sp³-hybridized carbons (Fsp3) is 0.583. The molecular formula is C12H20N2O. The van der Waals surface area contributed by atoms with Crippen molar-refractivity contribution in [1.29, 1.82) is 0 Å². The summed E-state index contributed by atoms with van der Waals surface area (Å²) in [4.78, 5) is 6.57. The van der Waals surface area contributed by atoms with Crippen molar-refractivity contribution in [3.63, 3.8) is 0 Å². The molecule has 1 aromatic rings. The Morgan fingerprint density at radius 1 is 1.33 bits per heavy atom. The standard InChI is InChI=1S/C12H20N2O/c1-5-14(9(2)3)12-7-6-11(8-13-12)10(4)15/h6-10,15H,5H2,1-4H3/t10-/m0/s1. The second-order valence-corrected chi connectivity index (χ2v) is 4.01. The van der Waals surface area contributed by atoms with E-state index in [1.54, 1.807) is 13.1 Å². The highest BCUT2D eigenvalue weighted by atomic mass is 16.3. The summed E-state index contributed by atoms with van der Waals surface area (Å²) in [6.45, 7) is 9.10. The Balaban J connectivity index is 2.87. The molecule has 1 atom stereocenters. The molecule has 0 radical (unpaired) electrons. The first-order chi connectivity index (χ1) is 7.06. The van der Waals surface area contributed by atoms with Crippen molar-refractivity contribution in [1.82, 2.24) is 4.98 Å². The summed E-state index contributed by atoms with van der Waals surface area (Å²) in [7, 11) is 0. The highest BCUT2D eigenvalue weighted by Gasteiger charge is 2.09. The second kappa shape index (κ2) is 5.12. The van der Waals surface area contributed by atoms with Crippen LogP contribution in [0.15, 0.2) is 18.3 Å². The third kappa shape index (κ3) is 2.93. The first-order valence-corrected chi connectivity index (χ1v) is 5.47. The van der Waals surface area contributed by atoms with E-state index < -0.39 is 6.10 Å². The van der Waals surface area contributed by atoms with Gasteiger partial charge in [0.15, 0.2) is 0 Å². The van der Waals surface area contributed by atoms with Gasteiger partial charge in [0.1, 0.15) is 5.82 Å². The fourth-order valence-electron chi connectivity index (χ4n) is 1.61. The largest absolute Gasteiger partial charge is 0.389 e. The molecule has 0 bridgehead atoms. The summed E-state index contributed by atoms with van der Waals surface area (Å²) in [5.74, 6) is 0.969. The normalized spacial score (nSPS) is 12.9. The zero-order valence-electron chi connectivity index (χ0n) is 9.94. The fourth-order valence-corrected chi connectivity index (χ4v) is 1.61. The monoisotopic (exact) mass is 208 g/mol. The molecule has 0 saturated heterocycles. The lowest BCUT2D eigenvalue weighted by Gasteiger charge is -2.26. The lowest BCUT2D eigenvalue weighted by atomic mass is 10.2. The minimum atomic E-state index is -0.444. The van der Waals surface area contributed by atoms with Gasteiger partial charge in [-0.1, -0.05) is 6.07 Å². The van der Waals surface area contributed by atoms with Crippen molar-refractivity contribution in [2.24, 2.45) is 0 Å². The molecule has 0 aliphatic heterocycles. The summed E-state index contributed by atoms with van der Waals surface area (Å²) in [6, 6.07) is 4.34. The number of aromatic nitrogens is 1. The molecule has 0 aliphatic carbocycles. The van der Waals surface area contributed by atoms with Crippen molar-refractivity contribution in [3.8, 4) is 0 Å². The second-order valence-electron chi connectivity index (χ2n) is 4.01. The van der Waals surface area contributed by atoms with Crippen LogP contribution >= 0.6 is 0 Å². The maximum Gasteiger partial charge on any atom is 0.128 e. The Bertz CT molecular complexity index is 293. The number of hydrogen-bond donors (Lipinski definition) is 1. The molecule has 0 spiro atoms. The van der Waals surface area contributed by atoms with Gasteiger partial charge in [-0.2, -0.15) is 0 Å². The van der Waals surface area contributed by atoms with E-state index in [1.165, 1.54) is 0 Å². The number of hydrogen-bond acceptors (Lipinski definition) is 3. The molecule has 0 amide bonds. The van der Waals surface area contributed by atoms with E-state index in [2.05, 4.69) is 30.7 Å². The van der Waals surface area contributed by atoms with Crippen molar-refractivity contribution in [3.05, 3.63) is 23.9 Å². The van der Waals surface area contributed by atoms with Gasteiger partial charge < -0.3 is 10.0 Å². The van der Waals surface area contributed by atoms with Gasteiger partial charge >= 0.3 is 0 Å². The van der Waals surface area contributed by atoms with Gasteiger partial charge in [0.05, 0.1) is 6.10 Å². The molecule has 3 heteroatoms. The molecule has 0 aromatic carbocycles. The van der Waals surface area contributed by atoms with Crippen molar-refractivity contribution < 1.29 is 5.11 Å². The van der Waals surface area contributed by atoms with Crippen LogP contribution in [0.5, 0.6) is 0 Å². The van der Waals surface area contributed by atoms with E-state index in [0.29, 0.717) is 6.04 Å². The maximum absolute atomic E-state index is 9.37. The van der Waals surface area contributed by atoms with Gasteiger partial charge in [-0.15, -0.1) is 0 Å². The Morgan fingerprint density at radius 3 is 2.33 bits per heavy atom. The van der Waals surface area contributed by atoms with Crippen LogP contribution in [-0.4, -0.2) is 22.7 Å². The first kappa shape index (κ1) is 12.0. The molecule has 0 aliphatic rings. The van der Waals surface area contributed by atoms with Crippen LogP contribution in [0, 0.1) is 0 Å². The van der Waals surface area contributed by atoms with E-state index in [1.807, 2.05) is 12.1 Å². The average molecular weight is 208 g/mol. The number of rotatable bonds is 4. The van der Waals surface area contributed by atoms with Crippen molar-refractivity contribution >= 4 is 5.82 Å². The van der Waals surface area contributed by atoms with Crippen LogP contribution in [0.1, 0.15) is 39.4 Å². The number of aliphatic hydroxyl groups is 1. The van der Waals surface area contributed by atoms with Crippen molar-refractivity contribution in [2.45, 2.75) is 39.8 Å². The molecule has 3 nitrogen and oxygen atoms in total. The average Bonchev–Trinajstić information content (AvgIpc) is 2.19. The maximum atomic E-state index is 9.37. The first-order valence-electron chi connectivity index (χ1n) is 5.47. The highest BCUT2D eigenvalue weighted by Crippen LogP contribution is 2.17. The molecule has 0 fully saturated rings. The predicted molar refractivity (Wildman–Crippen MR) is 63.0 cm³/mol. The Morgan fingerprint density at radius 2 is 2.00 bits per heavy atom. The van der Waals surface area contributed by atoms with Crippen LogP contribution in [0.4, 0.5) is 5.82 Å². The molecule has 1 heterocycles. The number of aliphatic hydroxyl groups excluding tert-OH is 1. The topological polar surface area (TPSA) is 36.4 Å². The van der Waals surface area contributed by atoms with E-state index in [9.17, 15) is 5.11 Å². The van der Waals surface area contributed by atoms with Gasteiger partial charge in [0.2, 0.25) is 0 Å². The minimum Gasteiger partial charge on any atom is -0.389 e. The van der Waals surface area contributed by atoms with Crippen LogP contribution in [-0.2, 0) is 0 Å². The number of anilines is 1. The third-order valence-corrected chi connectivity index (χ3v) is 2.51. The van der Waals surface area contributed by atoms with Gasteiger partial charge in [-0.05, 0) is 39.3 Å². The highest BCUT2D eigenvalue weighted by molar-refractivity contribution is 5.40. The molecule has 1 aromatic heterocycles. The van der Waals surface area contributed by atoms with Crippen LogP contribution in [0.25, 0.3) is 0 Å². The molecule has 0 saturated carbocycles. The van der Waals surface area contributed by atoms with Gasteiger partial charge in [-0.3, -0.25) is 0 Å². The molecular weight excluding hydrogens is 188 g/mol. The SMILES string of the molecule is CCN(c1ccc([C@H](C)O)cn1)C(C)C. The smallest absolute Gasteiger partial charge is 0.128 e. The molecule has 1 N–H and O–H groups in total. The van der Waals surface area contributed by atoms with E-state index in [-0.39, 0.29) is 0 Å². The van der Waals surface area contributed by atoms with E-state index in [0.717, 1.165) is 17.9 Å². The van der Waals surface area contributed by atoms with Gasteiger partial charge in [0.25, 0.3) is 0 Å². The van der Waals surface area contributed by atoms with Crippen LogP contribution in [0.2, 0.25) is 0 Å². The Labute approximate surface area is 91.8 Å². The van der Waals surface area contributed by atoms with Crippen molar-refractivity contribution in [2.75, 3.05) is 11.4 Å². The predicted octanol–water partition coefficient (Wildman–Crippen LogP) is 2.37. The zero-order chi connectivity index (χ0) is 11.4. The summed E-state index contributed by atoms with van der Waals surface area (Å²) in [5.41, 5.74) is 0.860. The van der Waals surface area contributed by atoms with E-state index >= 15 is 0 Å². The lowest BCUT2D eigenvalue weighted by Crippen LogP contribution is -2.31. The van der Waals surface area contributed by atoms with Crippen LogP contribution < -0.4 is 4.90 Å². The summed E-state index contributed by atoms with van der Waals surface area (Å²) in [6.07, 6.45) is 1.30. The van der Waals surface area contributed by atoms with Gasteiger partial charge in [-0.25, -0.2) is 4.98 Å². The Kier molecular flexibility index (Phi) is 4.09. The molecule has 1 rings (SSSR count). The quantitative estimate of drug-likeness (QED) is 0.825. The molecule has 0 unspecified atom stereocenters. The third-order valence-electron chi connectivity index (χ3n) is 2.51. The Hall–Kier alpha value is -1.09. The molecule has 15 heavy (non-hydrogen) atoms. The molecule has 84 valence electrons. The summed E-state index contributed by atoms with van der Waals surface area (Å²) >= 11 is 0. The zero-order valence-corrected chi connectivity index (χ0v) is 9.94.